The van der Waals surface area contributed by atoms with Crippen LogP contribution >= 0.6 is 11.6 Å². The van der Waals surface area contributed by atoms with E-state index in [0.717, 1.165) is 12.4 Å². The minimum atomic E-state index is 0.491. The number of hydrogen-bond acceptors (Lipinski definition) is 2. The normalized spacial score (nSPS) is 15.3. The van der Waals surface area contributed by atoms with Gasteiger partial charge in [-0.25, -0.2) is 0 Å². The summed E-state index contributed by atoms with van der Waals surface area (Å²) >= 11 is 6.06. The molecule has 4 heteroatoms. The molecular weight excluding hydrogens is 222 g/mol. The van der Waals surface area contributed by atoms with Gasteiger partial charge in [-0.3, -0.25) is 4.57 Å². The summed E-state index contributed by atoms with van der Waals surface area (Å²) in [6, 6.07) is 10.3. The quantitative estimate of drug-likeness (QED) is 0.816. The number of aromatic nitrogens is 3. The molecule has 0 spiro atoms. The van der Waals surface area contributed by atoms with Crippen LogP contribution in [0.15, 0.2) is 30.3 Å². The summed E-state index contributed by atoms with van der Waals surface area (Å²) in [6.07, 6.45) is 2.42. The number of halogens is 1. The van der Waals surface area contributed by atoms with Gasteiger partial charge in [0.25, 0.3) is 0 Å². The lowest BCUT2D eigenvalue weighted by atomic mass is 10.2. The minimum absolute atomic E-state index is 0.491. The number of hydrogen-bond donors (Lipinski definition) is 0. The van der Waals surface area contributed by atoms with Crippen LogP contribution in [0.1, 0.15) is 30.1 Å². The molecule has 1 aliphatic rings. The van der Waals surface area contributed by atoms with E-state index < -0.39 is 0 Å². The first-order valence-electron chi connectivity index (χ1n) is 5.47. The minimum Gasteiger partial charge on any atom is -0.297 e. The molecule has 0 radical (unpaired) electrons. The molecule has 0 bridgehead atoms. The van der Waals surface area contributed by atoms with Crippen molar-refractivity contribution in [2.24, 2.45) is 0 Å². The highest BCUT2D eigenvalue weighted by Crippen LogP contribution is 2.39. The summed E-state index contributed by atoms with van der Waals surface area (Å²) in [5, 5.41) is 8.60. The van der Waals surface area contributed by atoms with Crippen molar-refractivity contribution < 1.29 is 0 Å². The summed E-state index contributed by atoms with van der Waals surface area (Å²) in [6.45, 7) is 0.762. The second-order valence-electron chi connectivity index (χ2n) is 4.17. The molecule has 1 aromatic heterocycles. The molecule has 1 aliphatic carbocycles. The zero-order valence-electron chi connectivity index (χ0n) is 8.81. The van der Waals surface area contributed by atoms with Gasteiger partial charge < -0.3 is 0 Å². The van der Waals surface area contributed by atoms with Gasteiger partial charge in [0.05, 0.1) is 6.54 Å². The maximum absolute atomic E-state index is 6.06. The Morgan fingerprint density at radius 1 is 1.19 bits per heavy atom. The molecule has 1 fully saturated rings. The Balaban J connectivity index is 1.91. The number of rotatable bonds is 3. The van der Waals surface area contributed by atoms with Gasteiger partial charge in [0.15, 0.2) is 0 Å². The highest BCUT2D eigenvalue weighted by molar-refractivity contribution is 6.28. The van der Waals surface area contributed by atoms with E-state index in [4.69, 9.17) is 11.6 Å². The molecule has 0 unspecified atom stereocenters. The van der Waals surface area contributed by atoms with Gasteiger partial charge in [0.1, 0.15) is 5.82 Å². The average molecular weight is 234 g/mol. The van der Waals surface area contributed by atoms with E-state index in [2.05, 4.69) is 22.3 Å². The van der Waals surface area contributed by atoms with Gasteiger partial charge in [0.2, 0.25) is 5.28 Å². The van der Waals surface area contributed by atoms with Crippen molar-refractivity contribution in [1.29, 1.82) is 0 Å². The van der Waals surface area contributed by atoms with Crippen molar-refractivity contribution in [3.8, 4) is 0 Å². The molecule has 82 valence electrons. The Labute approximate surface area is 99.1 Å². The molecule has 0 amide bonds. The first-order chi connectivity index (χ1) is 7.84. The third-order valence-electron chi connectivity index (χ3n) is 2.86. The van der Waals surface area contributed by atoms with Crippen LogP contribution in [0.4, 0.5) is 0 Å². The van der Waals surface area contributed by atoms with Crippen LogP contribution in [0.25, 0.3) is 0 Å². The summed E-state index contributed by atoms with van der Waals surface area (Å²) in [7, 11) is 0. The van der Waals surface area contributed by atoms with Crippen molar-refractivity contribution in [2.45, 2.75) is 25.3 Å². The maximum Gasteiger partial charge on any atom is 0.225 e. The number of nitrogens with zero attached hydrogens (tertiary/aromatic N) is 3. The zero-order valence-corrected chi connectivity index (χ0v) is 9.56. The fourth-order valence-corrected chi connectivity index (χ4v) is 2.03. The fraction of sp³-hybridized carbons (Fsp3) is 0.333. The van der Waals surface area contributed by atoms with Crippen LogP contribution in [0.3, 0.4) is 0 Å². The van der Waals surface area contributed by atoms with Crippen LogP contribution in [0, 0.1) is 0 Å². The molecular formula is C12H12ClN3. The zero-order chi connectivity index (χ0) is 11.0. The molecule has 1 aromatic carbocycles. The molecule has 0 atom stereocenters. The molecule has 1 saturated carbocycles. The Kier molecular flexibility index (Phi) is 2.40. The van der Waals surface area contributed by atoms with Crippen LogP contribution in [-0.2, 0) is 6.54 Å². The van der Waals surface area contributed by atoms with Gasteiger partial charge in [-0.1, -0.05) is 30.3 Å². The largest absolute Gasteiger partial charge is 0.297 e. The lowest BCUT2D eigenvalue weighted by Gasteiger charge is -2.06. The monoisotopic (exact) mass is 233 g/mol. The topological polar surface area (TPSA) is 30.7 Å². The third kappa shape index (κ3) is 1.83. The standard InChI is InChI=1S/C12H12ClN3/c13-12-15-14-11(10-6-7-10)16(12)8-9-4-2-1-3-5-9/h1-5,10H,6-8H2. The van der Waals surface area contributed by atoms with Crippen LogP contribution in [0.5, 0.6) is 0 Å². The van der Waals surface area contributed by atoms with Crippen molar-refractivity contribution in [1.82, 2.24) is 14.8 Å². The molecule has 1 heterocycles. The molecule has 0 aliphatic heterocycles. The van der Waals surface area contributed by atoms with Gasteiger partial charge in [-0.2, -0.15) is 0 Å². The van der Waals surface area contributed by atoms with E-state index in [1.807, 2.05) is 22.8 Å². The Morgan fingerprint density at radius 2 is 1.94 bits per heavy atom. The fourth-order valence-electron chi connectivity index (χ4n) is 1.85. The molecule has 16 heavy (non-hydrogen) atoms. The predicted molar refractivity (Wildman–Crippen MR) is 62.6 cm³/mol. The Hall–Kier alpha value is -1.35. The van der Waals surface area contributed by atoms with Crippen molar-refractivity contribution in [3.05, 3.63) is 47.0 Å². The van der Waals surface area contributed by atoms with Crippen molar-refractivity contribution >= 4 is 11.6 Å². The third-order valence-corrected chi connectivity index (χ3v) is 3.14. The molecule has 0 N–H and O–H groups in total. The second-order valence-corrected chi connectivity index (χ2v) is 4.51. The SMILES string of the molecule is Clc1nnc(C2CC2)n1Cc1ccccc1. The van der Waals surface area contributed by atoms with E-state index in [1.54, 1.807) is 0 Å². The molecule has 3 rings (SSSR count). The van der Waals surface area contributed by atoms with E-state index in [9.17, 15) is 0 Å². The summed E-state index contributed by atoms with van der Waals surface area (Å²) < 4.78 is 2.01. The van der Waals surface area contributed by atoms with E-state index in [0.29, 0.717) is 11.2 Å². The Morgan fingerprint density at radius 3 is 2.62 bits per heavy atom. The lowest BCUT2D eigenvalue weighted by Crippen LogP contribution is -2.04. The van der Waals surface area contributed by atoms with Gasteiger partial charge in [-0.05, 0) is 30.0 Å². The first-order valence-corrected chi connectivity index (χ1v) is 5.85. The number of benzene rings is 1. The average Bonchev–Trinajstić information content (AvgIpc) is 3.08. The van der Waals surface area contributed by atoms with Crippen molar-refractivity contribution in [3.63, 3.8) is 0 Å². The summed E-state index contributed by atoms with van der Waals surface area (Å²) in [4.78, 5) is 0. The summed E-state index contributed by atoms with van der Waals surface area (Å²) in [5.41, 5.74) is 1.23. The summed E-state index contributed by atoms with van der Waals surface area (Å²) in [5.74, 6) is 1.61. The van der Waals surface area contributed by atoms with E-state index in [-0.39, 0.29) is 0 Å². The van der Waals surface area contributed by atoms with E-state index >= 15 is 0 Å². The highest BCUT2D eigenvalue weighted by atomic mass is 35.5. The lowest BCUT2D eigenvalue weighted by molar-refractivity contribution is 0.727. The second kappa shape index (κ2) is 3.91. The maximum atomic E-state index is 6.06. The predicted octanol–water partition coefficient (Wildman–Crippen LogP) is 2.86. The van der Waals surface area contributed by atoms with Crippen LogP contribution in [0.2, 0.25) is 5.28 Å². The van der Waals surface area contributed by atoms with Crippen LogP contribution in [-0.4, -0.2) is 14.8 Å². The highest BCUT2D eigenvalue weighted by Gasteiger charge is 2.29. The molecule has 0 saturated heterocycles. The van der Waals surface area contributed by atoms with E-state index in [1.165, 1.54) is 18.4 Å². The first kappa shape index (κ1) is 9.85. The van der Waals surface area contributed by atoms with Gasteiger partial charge in [-0.15, -0.1) is 10.2 Å². The van der Waals surface area contributed by atoms with Crippen LogP contribution < -0.4 is 0 Å². The molecule has 2 aromatic rings. The smallest absolute Gasteiger partial charge is 0.225 e. The van der Waals surface area contributed by atoms with Crippen molar-refractivity contribution in [2.75, 3.05) is 0 Å². The molecule has 3 nitrogen and oxygen atoms in total. The van der Waals surface area contributed by atoms with Gasteiger partial charge in [0, 0.05) is 5.92 Å². The van der Waals surface area contributed by atoms with Gasteiger partial charge >= 0.3 is 0 Å². The Bertz CT molecular complexity index is 488.